The maximum Gasteiger partial charge on any atom is 0.224 e. The quantitative estimate of drug-likeness (QED) is 0.700. The van der Waals surface area contributed by atoms with Crippen molar-refractivity contribution in [3.8, 4) is 0 Å². The summed E-state index contributed by atoms with van der Waals surface area (Å²) in [6, 6.07) is 7.83. The van der Waals surface area contributed by atoms with Gasteiger partial charge in [-0.25, -0.2) is 0 Å². The molecule has 0 saturated carbocycles. The van der Waals surface area contributed by atoms with E-state index in [0.717, 1.165) is 11.1 Å². The van der Waals surface area contributed by atoms with Crippen LogP contribution < -0.4 is 5.32 Å². The van der Waals surface area contributed by atoms with Crippen LogP contribution in [0.15, 0.2) is 24.3 Å². The molecular weight excluding hydrogens is 150 g/mol. The Kier molecular flexibility index (Phi) is 2.86. The van der Waals surface area contributed by atoms with Gasteiger partial charge in [-0.15, -0.1) is 0 Å². The third kappa shape index (κ3) is 2.09. The van der Waals surface area contributed by atoms with Crippen LogP contribution in [0.25, 0.3) is 0 Å². The molecule has 1 N–H and O–H groups in total. The zero-order valence-corrected chi connectivity index (χ0v) is 7.13. The topological polar surface area (TPSA) is 29.1 Å². The van der Waals surface area contributed by atoms with Crippen LogP contribution in [0.4, 0.5) is 0 Å². The van der Waals surface area contributed by atoms with Gasteiger partial charge in [-0.3, -0.25) is 4.79 Å². The number of carbonyl (C=O) groups is 1. The lowest BCUT2D eigenvalue weighted by molar-refractivity contribution is -0.119. The molecule has 2 heteroatoms. The molecular formula is C10H12NO. The molecule has 1 amide bonds. The molecule has 0 heterocycles. The number of amides is 1. The fourth-order valence-electron chi connectivity index (χ4n) is 1.04. The zero-order valence-electron chi connectivity index (χ0n) is 7.13. The van der Waals surface area contributed by atoms with E-state index in [2.05, 4.69) is 12.4 Å². The fraction of sp³-hybridized carbons (Fsp3) is 0.200. The van der Waals surface area contributed by atoms with E-state index in [-0.39, 0.29) is 5.91 Å². The average molecular weight is 162 g/mol. The highest BCUT2D eigenvalue weighted by Gasteiger charge is 2.01. The number of aryl methyl sites for hydroxylation is 1. The Balaban J connectivity index is 2.75. The monoisotopic (exact) mass is 162 g/mol. The predicted octanol–water partition coefficient (Wildman–Crippen LogP) is 1.45. The zero-order chi connectivity index (χ0) is 8.97. The van der Waals surface area contributed by atoms with Gasteiger partial charge in [-0.05, 0) is 18.1 Å². The minimum absolute atomic E-state index is 0.0516. The third-order valence-electron chi connectivity index (χ3n) is 1.81. The first-order valence-corrected chi connectivity index (χ1v) is 3.84. The summed E-state index contributed by atoms with van der Waals surface area (Å²) in [5.74, 6) is -0.0516. The van der Waals surface area contributed by atoms with Crippen molar-refractivity contribution in [3.05, 3.63) is 42.4 Å². The number of benzene rings is 1. The van der Waals surface area contributed by atoms with Gasteiger partial charge in [-0.1, -0.05) is 24.3 Å². The first-order chi connectivity index (χ1) is 5.74. The van der Waals surface area contributed by atoms with E-state index in [1.807, 2.05) is 31.2 Å². The Bertz CT molecular complexity index is 281. The van der Waals surface area contributed by atoms with Crippen molar-refractivity contribution in [2.24, 2.45) is 0 Å². The van der Waals surface area contributed by atoms with Crippen molar-refractivity contribution >= 4 is 5.91 Å². The lowest BCUT2D eigenvalue weighted by atomic mass is 10.1. The molecule has 0 aliphatic carbocycles. The largest absolute Gasteiger partial charge is 0.354 e. The second-order valence-electron chi connectivity index (χ2n) is 2.70. The second kappa shape index (κ2) is 3.90. The molecule has 63 valence electrons. The number of hydrogen-bond donors (Lipinski definition) is 1. The van der Waals surface area contributed by atoms with Crippen LogP contribution in [0, 0.1) is 14.0 Å². The van der Waals surface area contributed by atoms with E-state index in [0.29, 0.717) is 6.42 Å². The Morgan fingerprint density at radius 1 is 1.50 bits per heavy atom. The molecule has 1 radical (unpaired) electrons. The van der Waals surface area contributed by atoms with E-state index in [1.165, 1.54) is 0 Å². The summed E-state index contributed by atoms with van der Waals surface area (Å²) in [6.07, 6.45) is 0.413. The van der Waals surface area contributed by atoms with Crippen molar-refractivity contribution in [2.45, 2.75) is 13.3 Å². The highest BCUT2D eigenvalue weighted by molar-refractivity contribution is 5.78. The van der Waals surface area contributed by atoms with Gasteiger partial charge in [0, 0.05) is 7.05 Å². The van der Waals surface area contributed by atoms with Gasteiger partial charge in [-0.2, -0.15) is 0 Å². The highest BCUT2D eigenvalue weighted by Crippen LogP contribution is 2.06. The first kappa shape index (κ1) is 8.78. The van der Waals surface area contributed by atoms with Crippen LogP contribution in [-0.2, 0) is 11.2 Å². The summed E-state index contributed by atoms with van der Waals surface area (Å²) < 4.78 is 0. The van der Waals surface area contributed by atoms with Crippen molar-refractivity contribution in [3.63, 3.8) is 0 Å². The minimum Gasteiger partial charge on any atom is -0.354 e. The second-order valence-corrected chi connectivity index (χ2v) is 2.70. The van der Waals surface area contributed by atoms with E-state index < -0.39 is 0 Å². The van der Waals surface area contributed by atoms with Gasteiger partial charge < -0.3 is 5.32 Å². The Labute approximate surface area is 72.6 Å². The smallest absolute Gasteiger partial charge is 0.224 e. The van der Waals surface area contributed by atoms with Gasteiger partial charge >= 0.3 is 0 Å². The molecule has 1 aromatic rings. The van der Waals surface area contributed by atoms with Gasteiger partial charge in [0.25, 0.3) is 0 Å². The Morgan fingerprint density at radius 3 is 2.75 bits per heavy atom. The molecule has 0 saturated heterocycles. The number of hydrogen-bond acceptors (Lipinski definition) is 1. The van der Waals surface area contributed by atoms with Gasteiger partial charge in [0.2, 0.25) is 5.91 Å². The molecule has 0 aliphatic rings. The summed E-state index contributed by atoms with van der Waals surface area (Å²) >= 11 is 0. The molecule has 1 aromatic carbocycles. The molecule has 12 heavy (non-hydrogen) atoms. The van der Waals surface area contributed by atoms with E-state index >= 15 is 0 Å². The number of rotatable bonds is 2. The fourth-order valence-corrected chi connectivity index (χ4v) is 1.04. The average Bonchev–Trinajstić information content (AvgIpc) is 2.09. The van der Waals surface area contributed by atoms with E-state index in [1.54, 1.807) is 0 Å². The summed E-state index contributed by atoms with van der Waals surface area (Å²) in [4.78, 5) is 11.0. The first-order valence-electron chi connectivity index (χ1n) is 3.84. The summed E-state index contributed by atoms with van der Waals surface area (Å²) in [5.41, 5.74) is 2.19. The summed E-state index contributed by atoms with van der Waals surface area (Å²) in [7, 11) is 3.31. The lowest BCUT2D eigenvalue weighted by Crippen LogP contribution is -2.18. The lowest BCUT2D eigenvalue weighted by Gasteiger charge is -2.03. The Morgan fingerprint density at radius 2 is 2.17 bits per heavy atom. The minimum atomic E-state index is -0.0516. The molecule has 2 nitrogen and oxygen atoms in total. The molecule has 1 rings (SSSR count). The molecule has 0 unspecified atom stereocenters. The van der Waals surface area contributed by atoms with Crippen LogP contribution in [0.1, 0.15) is 11.1 Å². The molecule has 0 aliphatic heterocycles. The van der Waals surface area contributed by atoms with Crippen LogP contribution >= 0.6 is 0 Å². The summed E-state index contributed by atoms with van der Waals surface area (Å²) in [6.45, 7) is 1.99. The molecule has 0 fully saturated rings. The summed E-state index contributed by atoms with van der Waals surface area (Å²) in [5, 5.41) is 2.35. The maximum atomic E-state index is 11.0. The maximum absolute atomic E-state index is 11.0. The number of carbonyl (C=O) groups excluding carboxylic acids is 1. The van der Waals surface area contributed by atoms with Gasteiger partial charge in [0.1, 0.15) is 0 Å². The molecule has 0 atom stereocenters. The molecule has 0 bridgehead atoms. The van der Waals surface area contributed by atoms with Crippen LogP contribution in [-0.4, -0.2) is 5.91 Å². The standard InChI is InChI=1S/C10H12NO/c1-8-5-3-4-6-9(8)7-10(12)11-2/h3-6H,2,7H2,1H3,(H,11,12). The van der Waals surface area contributed by atoms with E-state index in [4.69, 9.17) is 0 Å². The molecule has 0 aromatic heterocycles. The van der Waals surface area contributed by atoms with Gasteiger partial charge in [0.05, 0.1) is 6.42 Å². The van der Waals surface area contributed by atoms with Gasteiger partial charge in [0.15, 0.2) is 0 Å². The normalized spacial score (nSPS) is 9.50. The van der Waals surface area contributed by atoms with Crippen molar-refractivity contribution < 1.29 is 4.79 Å². The van der Waals surface area contributed by atoms with Crippen molar-refractivity contribution in [1.82, 2.24) is 5.32 Å². The van der Waals surface area contributed by atoms with Crippen LogP contribution in [0.5, 0.6) is 0 Å². The SMILES string of the molecule is [CH2]NC(=O)Cc1ccccc1C. The van der Waals surface area contributed by atoms with E-state index in [9.17, 15) is 4.79 Å². The number of nitrogens with one attached hydrogen (secondary N) is 1. The predicted molar refractivity (Wildman–Crippen MR) is 48.4 cm³/mol. The van der Waals surface area contributed by atoms with Crippen molar-refractivity contribution in [1.29, 1.82) is 0 Å². The Hall–Kier alpha value is -1.31. The highest BCUT2D eigenvalue weighted by atomic mass is 16.1. The van der Waals surface area contributed by atoms with Crippen LogP contribution in [0.2, 0.25) is 0 Å². The van der Waals surface area contributed by atoms with Crippen molar-refractivity contribution in [2.75, 3.05) is 0 Å². The molecule has 0 spiro atoms. The third-order valence-corrected chi connectivity index (χ3v) is 1.81. The van der Waals surface area contributed by atoms with Crippen LogP contribution in [0.3, 0.4) is 0 Å².